The summed E-state index contributed by atoms with van der Waals surface area (Å²) < 4.78 is 5.20. The number of hydrogen-bond acceptors (Lipinski definition) is 7. The van der Waals surface area contributed by atoms with E-state index < -0.39 is 22.0 Å². The molecule has 4 rings (SSSR count). The van der Waals surface area contributed by atoms with Crippen molar-refractivity contribution in [1.29, 1.82) is 0 Å². The normalized spacial score (nSPS) is 10.9. The number of phenols is 1. The van der Waals surface area contributed by atoms with E-state index in [0.29, 0.717) is 11.1 Å². The van der Waals surface area contributed by atoms with Crippen LogP contribution in [0.4, 0.5) is 5.69 Å². The maximum atomic E-state index is 12.3. The standard InChI is InChI=1S/C18H10N2O5S/c21-15-8-16-11(7-14(15)20(23)24)6-12(18(22)25-16)13-9-26-17(19-13)10-4-2-1-3-5-10/h1-9,21H. The molecule has 2 heterocycles. The van der Waals surface area contributed by atoms with Crippen LogP contribution in [0.1, 0.15) is 0 Å². The van der Waals surface area contributed by atoms with Crippen LogP contribution in [0.5, 0.6) is 5.75 Å². The average molecular weight is 366 g/mol. The first kappa shape index (κ1) is 16.0. The fourth-order valence-corrected chi connectivity index (χ4v) is 3.41. The van der Waals surface area contributed by atoms with Gasteiger partial charge in [0.15, 0.2) is 5.75 Å². The van der Waals surface area contributed by atoms with Crippen LogP contribution in [0.25, 0.3) is 32.8 Å². The van der Waals surface area contributed by atoms with Gasteiger partial charge in [0.1, 0.15) is 10.6 Å². The SMILES string of the molecule is O=c1oc2cc(O)c([N+](=O)[O-])cc2cc1-c1csc(-c2ccccc2)n1. The van der Waals surface area contributed by atoms with Crippen molar-refractivity contribution in [3.05, 3.63) is 74.4 Å². The highest BCUT2D eigenvalue weighted by molar-refractivity contribution is 7.13. The van der Waals surface area contributed by atoms with E-state index in [1.165, 1.54) is 23.5 Å². The number of nitrogens with zero attached hydrogens (tertiary/aromatic N) is 2. The van der Waals surface area contributed by atoms with Gasteiger partial charge >= 0.3 is 11.3 Å². The lowest BCUT2D eigenvalue weighted by molar-refractivity contribution is -0.385. The Bertz CT molecular complexity index is 1200. The molecule has 0 saturated heterocycles. The Morgan fingerprint density at radius 1 is 1.15 bits per heavy atom. The van der Waals surface area contributed by atoms with Crippen molar-refractivity contribution in [2.75, 3.05) is 0 Å². The molecule has 0 bridgehead atoms. The monoisotopic (exact) mass is 366 g/mol. The van der Waals surface area contributed by atoms with Crippen molar-refractivity contribution in [3.8, 4) is 27.6 Å². The van der Waals surface area contributed by atoms with Crippen molar-refractivity contribution >= 4 is 28.0 Å². The summed E-state index contributed by atoms with van der Waals surface area (Å²) in [5.41, 5.74) is 0.544. The van der Waals surface area contributed by atoms with E-state index in [2.05, 4.69) is 4.98 Å². The third-order valence-electron chi connectivity index (χ3n) is 3.83. The van der Waals surface area contributed by atoms with Gasteiger partial charge in [0.05, 0.1) is 16.2 Å². The van der Waals surface area contributed by atoms with Gasteiger partial charge in [0.2, 0.25) is 0 Å². The minimum atomic E-state index is -0.699. The predicted octanol–water partition coefficient (Wildman–Crippen LogP) is 4.20. The van der Waals surface area contributed by atoms with E-state index in [-0.39, 0.29) is 11.1 Å². The number of nitro benzene ring substituents is 1. The highest BCUT2D eigenvalue weighted by Gasteiger charge is 2.18. The van der Waals surface area contributed by atoms with Crippen LogP contribution in [0, 0.1) is 10.1 Å². The van der Waals surface area contributed by atoms with Crippen molar-refractivity contribution < 1.29 is 14.4 Å². The molecule has 0 radical (unpaired) electrons. The van der Waals surface area contributed by atoms with Crippen molar-refractivity contribution in [2.45, 2.75) is 0 Å². The second-order valence-electron chi connectivity index (χ2n) is 5.49. The van der Waals surface area contributed by atoms with E-state index in [1.54, 1.807) is 5.38 Å². The van der Waals surface area contributed by atoms with Gasteiger partial charge in [-0.3, -0.25) is 10.1 Å². The van der Waals surface area contributed by atoms with Crippen LogP contribution in [-0.2, 0) is 0 Å². The third kappa shape index (κ3) is 2.72. The Kier molecular flexibility index (Phi) is 3.74. The Morgan fingerprint density at radius 2 is 1.92 bits per heavy atom. The summed E-state index contributed by atoms with van der Waals surface area (Å²) in [6.07, 6.45) is 0. The number of nitro groups is 1. The first-order chi connectivity index (χ1) is 12.5. The van der Waals surface area contributed by atoms with Gasteiger partial charge in [0, 0.05) is 28.5 Å². The summed E-state index contributed by atoms with van der Waals surface area (Å²) in [6.45, 7) is 0. The zero-order chi connectivity index (χ0) is 18.3. The lowest BCUT2D eigenvalue weighted by Gasteiger charge is -2.02. The van der Waals surface area contributed by atoms with Crippen LogP contribution >= 0.6 is 11.3 Å². The molecule has 0 spiro atoms. The van der Waals surface area contributed by atoms with Crippen molar-refractivity contribution in [3.63, 3.8) is 0 Å². The van der Waals surface area contributed by atoms with Gasteiger partial charge in [-0.2, -0.15) is 0 Å². The molecule has 0 unspecified atom stereocenters. The number of rotatable bonds is 3. The van der Waals surface area contributed by atoms with Gasteiger partial charge in [-0.1, -0.05) is 30.3 Å². The molecule has 0 amide bonds. The molecule has 7 nitrogen and oxygen atoms in total. The molecule has 26 heavy (non-hydrogen) atoms. The molecule has 0 aliphatic heterocycles. The molecular weight excluding hydrogens is 356 g/mol. The number of phenolic OH excluding ortho intramolecular Hbond substituents is 1. The minimum Gasteiger partial charge on any atom is -0.502 e. The smallest absolute Gasteiger partial charge is 0.345 e. The van der Waals surface area contributed by atoms with Crippen LogP contribution in [0.2, 0.25) is 0 Å². The van der Waals surface area contributed by atoms with Gasteiger partial charge in [0.25, 0.3) is 0 Å². The van der Waals surface area contributed by atoms with E-state index >= 15 is 0 Å². The second-order valence-corrected chi connectivity index (χ2v) is 6.35. The summed E-state index contributed by atoms with van der Waals surface area (Å²) in [6, 6.07) is 13.2. The summed E-state index contributed by atoms with van der Waals surface area (Å²) >= 11 is 1.38. The van der Waals surface area contributed by atoms with E-state index in [0.717, 1.165) is 16.6 Å². The summed E-state index contributed by atoms with van der Waals surface area (Å²) in [5, 5.41) is 23.5. The number of fused-ring (bicyclic) bond motifs is 1. The largest absolute Gasteiger partial charge is 0.502 e. The average Bonchev–Trinajstić information content (AvgIpc) is 3.11. The first-order valence-corrected chi connectivity index (χ1v) is 8.37. The fraction of sp³-hybridized carbons (Fsp3) is 0. The Labute approximate surface area is 150 Å². The lowest BCUT2D eigenvalue weighted by Crippen LogP contribution is -2.03. The van der Waals surface area contributed by atoms with E-state index in [9.17, 15) is 20.0 Å². The van der Waals surface area contributed by atoms with Gasteiger partial charge < -0.3 is 9.52 Å². The molecule has 0 fully saturated rings. The highest BCUT2D eigenvalue weighted by atomic mass is 32.1. The second kappa shape index (κ2) is 6.08. The van der Waals surface area contributed by atoms with Gasteiger partial charge in [-0.05, 0) is 6.07 Å². The molecular formula is C18H10N2O5S. The zero-order valence-corrected chi connectivity index (χ0v) is 13.9. The molecule has 0 atom stereocenters. The first-order valence-electron chi connectivity index (χ1n) is 7.49. The number of aromatic hydroxyl groups is 1. The Hall–Kier alpha value is -3.52. The number of hydrogen-bond donors (Lipinski definition) is 1. The molecule has 1 N–H and O–H groups in total. The maximum absolute atomic E-state index is 12.3. The van der Waals surface area contributed by atoms with Crippen molar-refractivity contribution in [2.24, 2.45) is 0 Å². The molecule has 2 aromatic heterocycles. The van der Waals surface area contributed by atoms with Gasteiger partial charge in [-0.25, -0.2) is 9.78 Å². The summed E-state index contributed by atoms with van der Waals surface area (Å²) in [4.78, 5) is 27.1. The Balaban J connectivity index is 1.85. The van der Waals surface area contributed by atoms with Crippen LogP contribution in [0.15, 0.2) is 63.1 Å². The maximum Gasteiger partial charge on any atom is 0.345 e. The molecule has 4 aromatic rings. The number of aromatic nitrogens is 1. The van der Waals surface area contributed by atoms with Crippen LogP contribution < -0.4 is 5.63 Å². The lowest BCUT2D eigenvalue weighted by atomic mass is 10.1. The zero-order valence-electron chi connectivity index (χ0n) is 13.1. The molecule has 2 aromatic carbocycles. The predicted molar refractivity (Wildman–Crippen MR) is 97.3 cm³/mol. The Morgan fingerprint density at radius 3 is 2.65 bits per heavy atom. The third-order valence-corrected chi connectivity index (χ3v) is 4.72. The van der Waals surface area contributed by atoms with Crippen molar-refractivity contribution in [1.82, 2.24) is 4.98 Å². The quantitative estimate of drug-likeness (QED) is 0.331. The highest BCUT2D eigenvalue weighted by Crippen LogP contribution is 2.33. The van der Waals surface area contributed by atoms with Crippen LogP contribution in [-0.4, -0.2) is 15.0 Å². The van der Waals surface area contributed by atoms with E-state index in [4.69, 9.17) is 4.42 Å². The fourth-order valence-electron chi connectivity index (χ4n) is 2.58. The van der Waals surface area contributed by atoms with Gasteiger partial charge in [-0.15, -0.1) is 11.3 Å². The minimum absolute atomic E-state index is 0.0698. The van der Waals surface area contributed by atoms with E-state index in [1.807, 2.05) is 30.3 Å². The molecule has 8 heteroatoms. The molecule has 0 aliphatic rings. The summed E-state index contributed by atoms with van der Waals surface area (Å²) in [7, 11) is 0. The number of thiazole rings is 1. The topological polar surface area (TPSA) is 106 Å². The summed E-state index contributed by atoms with van der Waals surface area (Å²) in [5.74, 6) is -0.557. The van der Waals surface area contributed by atoms with Crippen LogP contribution in [0.3, 0.4) is 0 Å². The molecule has 0 saturated carbocycles. The number of benzene rings is 2. The molecule has 128 valence electrons. The molecule has 0 aliphatic carbocycles.